The molecule has 4 heterocycles. The van der Waals surface area contributed by atoms with Gasteiger partial charge in [-0.15, -0.1) is 0 Å². The maximum atomic E-state index is 13.0. The molecule has 2 spiro atoms. The summed E-state index contributed by atoms with van der Waals surface area (Å²) < 4.78 is 12.0. The number of carbonyl (C=O) groups excluding carboxylic acids is 1. The highest BCUT2D eigenvalue weighted by molar-refractivity contribution is 6.09. The Bertz CT molecular complexity index is 1160. The van der Waals surface area contributed by atoms with E-state index in [1.165, 1.54) is 0 Å². The smallest absolute Gasteiger partial charge is 0.219 e. The molecule has 2 aliphatic carbocycles. The molecular formula is C30H43N5O4. The third-order valence-corrected chi connectivity index (χ3v) is 10.0. The van der Waals surface area contributed by atoms with E-state index in [1.54, 1.807) is 0 Å². The fourth-order valence-corrected chi connectivity index (χ4v) is 7.65. The number of carbonyl (C=O) groups is 1. The Morgan fingerprint density at radius 3 is 2.67 bits per heavy atom. The zero-order chi connectivity index (χ0) is 27.2. The van der Waals surface area contributed by atoms with Crippen LogP contribution < -0.4 is 9.64 Å². The molecule has 39 heavy (non-hydrogen) atoms. The zero-order valence-electron chi connectivity index (χ0n) is 23.5. The van der Waals surface area contributed by atoms with Crippen LogP contribution in [0.3, 0.4) is 0 Å². The Labute approximate surface area is 231 Å². The second-order valence-electron chi connectivity index (χ2n) is 12.7. The van der Waals surface area contributed by atoms with Crippen molar-refractivity contribution in [3.05, 3.63) is 23.2 Å². The van der Waals surface area contributed by atoms with Crippen LogP contribution in [0.1, 0.15) is 83.4 Å². The maximum absolute atomic E-state index is 13.0. The van der Waals surface area contributed by atoms with E-state index >= 15 is 0 Å². The molecule has 2 N–H and O–H groups in total. The third kappa shape index (κ3) is 4.86. The number of ketones is 1. The molecule has 3 saturated heterocycles. The standard InChI is InChI=1S/C30H43N5O4/c1-20(22-9-6-14-34(22)2)39-25-16-24(35-15-7-11-29(17-35)18-38-19-29)32-28(33-25)26(31)21-8-5-13-30(27(21)37)12-4-3-10-23(30)36/h16,20,22,31,37H,3-15,17-19H2,1-2H3/t20-,22-,30+/m0/s1. The molecule has 1 saturated carbocycles. The number of hydrogen-bond acceptors (Lipinski definition) is 9. The van der Waals surface area contributed by atoms with Crippen molar-refractivity contribution < 1.29 is 19.4 Å². The monoisotopic (exact) mass is 537 g/mol. The average Bonchev–Trinajstić information content (AvgIpc) is 3.36. The second kappa shape index (κ2) is 10.5. The van der Waals surface area contributed by atoms with Crippen LogP contribution in [-0.4, -0.2) is 83.5 Å². The Hall–Kier alpha value is -2.52. The number of Topliss-reactive ketones (excluding diaryl/α,β-unsaturated/α-hetero) is 1. The number of nitrogens with zero attached hydrogens (tertiary/aromatic N) is 4. The van der Waals surface area contributed by atoms with Gasteiger partial charge >= 0.3 is 0 Å². The summed E-state index contributed by atoms with van der Waals surface area (Å²) in [5.41, 5.74) is -0.0258. The summed E-state index contributed by atoms with van der Waals surface area (Å²) in [6.45, 7) is 6.47. The van der Waals surface area contributed by atoms with Gasteiger partial charge in [0, 0.05) is 42.6 Å². The molecule has 9 heteroatoms. The van der Waals surface area contributed by atoms with E-state index in [0.29, 0.717) is 43.2 Å². The Morgan fingerprint density at radius 2 is 1.95 bits per heavy atom. The van der Waals surface area contributed by atoms with E-state index in [1.807, 2.05) is 6.07 Å². The van der Waals surface area contributed by atoms with Gasteiger partial charge < -0.3 is 19.5 Å². The topological polar surface area (TPSA) is 112 Å². The normalized spacial score (nSPS) is 30.1. The summed E-state index contributed by atoms with van der Waals surface area (Å²) in [6.07, 6.45) is 9.37. The van der Waals surface area contributed by atoms with Gasteiger partial charge in [-0.1, -0.05) is 6.42 Å². The number of aliphatic hydroxyl groups is 1. The lowest BCUT2D eigenvalue weighted by Crippen LogP contribution is -2.54. The number of nitrogens with one attached hydrogen (secondary N) is 1. The van der Waals surface area contributed by atoms with Crippen molar-refractivity contribution in [2.75, 3.05) is 44.8 Å². The van der Waals surface area contributed by atoms with Gasteiger partial charge in [-0.2, -0.15) is 4.98 Å². The van der Waals surface area contributed by atoms with Crippen LogP contribution >= 0.6 is 0 Å². The van der Waals surface area contributed by atoms with Gasteiger partial charge in [0.25, 0.3) is 0 Å². The number of likely N-dealkylation sites (N-methyl/N-ethyl adjacent to an activating group) is 1. The molecular weight excluding hydrogens is 494 g/mol. The number of piperidine rings is 1. The highest BCUT2D eigenvalue weighted by atomic mass is 16.5. The maximum Gasteiger partial charge on any atom is 0.219 e. The number of aromatic nitrogens is 2. The summed E-state index contributed by atoms with van der Waals surface area (Å²) in [5.74, 6) is 1.70. The number of rotatable bonds is 6. The lowest BCUT2D eigenvalue weighted by molar-refractivity contribution is -0.131. The molecule has 1 aromatic rings. The summed E-state index contributed by atoms with van der Waals surface area (Å²) >= 11 is 0. The van der Waals surface area contributed by atoms with Gasteiger partial charge in [0.2, 0.25) is 5.88 Å². The predicted octanol–water partition coefficient (Wildman–Crippen LogP) is 4.45. The third-order valence-electron chi connectivity index (χ3n) is 10.0. The van der Waals surface area contributed by atoms with Crippen LogP contribution in [0.5, 0.6) is 5.88 Å². The van der Waals surface area contributed by atoms with Gasteiger partial charge in [0.05, 0.1) is 18.6 Å². The molecule has 0 radical (unpaired) electrons. The fraction of sp³-hybridized carbons (Fsp3) is 0.733. The van der Waals surface area contributed by atoms with E-state index in [4.69, 9.17) is 19.4 Å². The summed E-state index contributed by atoms with van der Waals surface area (Å²) in [6, 6.07) is 2.24. The molecule has 3 aliphatic heterocycles. The minimum Gasteiger partial charge on any atom is -0.511 e. The van der Waals surface area contributed by atoms with Crippen molar-refractivity contribution in [3.63, 3.8) is 0 Å². The lowest BCUT2D eigenvalue weighted by atomic mass is 9.64. The number of allylic oxidation sites excluding steroid dienone is 2. The van der Waals surface area contributed by atoms with E-state index in [0.717, 1.165) is 83.6 Å². The highest BCUT2D eigenvalue weighted by Gasteiger charge is 2.47. The van der Waals surface area contributed by atoms with E-state index in [2.05, 4.69) is 23.8 Å². The first-order valence-electron chi connectivity index (χ1n) is 14.9. The zero-order valence-corrected chi connectivity index (χ0v) is 23.5. The lowest BCUT2D eigenvalue weighted by Gasteiger charge is -2.48. The summed E-state index contributed by atoms with van der Waals surface area (Å²) in [5, 5.41) is 20.6. The molecule has 212 valence electrons. The van der Waals surface area contributed by atoms with Gasteiger partial charge in [-0.3, -0.25) is 15.1 Å². The number of ether oxygens (including phenoxy) is 2. The van der Waals surface area contributed by atoms with Crippen LogP contribution in [0.2, 0.25) is 0 Å². The molecule has 3 atom stereocenters. The van der Waals surface area contributed by atoms with Gasteiger partial charge in [-0.05, 0) is 78.3 Å². The van der Waals surface area contributed by atoms with Crippen LogP contribution in [-0.2, 0) is 9.53 Å². The quantitative estimate of drug-likeness (QED) is 0.512. The minimum atomic E-state index is -0.833. The molecule has 6 rings (SSSR count). The van der Waals surface area contributed by atoms with Gasteiger partial charge in [0.1, 0.15) is 29.2 Å². The van der Waals surface area contributed by atoms with Crippen molar-refractivity contribution in [2.45, 2.75) is 89.7 Å². The van der Waals surface area contributed by atoms with Crippen molar-refractivity contribution in [1.82, 2.24) is 14.9 Å². The summed E-state index contributed by atoms with van der Waals surface area (Å²) in [4.78, 5) is 27.3. The Morgan fingerprint density at radius 1 is 1.13 bits per heavy atom. The van der Waals surface area contributed by atoms with Gasteiger partial charge in [-0.25, -0.2) is 4.98 Å². The second-order valence-corrected chi connectivity index (χ2v) is 12.7. The number of aliphatic hydroxyl groups excluding tert-OH is 1. The minimum absolute atomic E-state index is 0.0551. The Balaban J connectivity index is 1.34. The molecule has 5 aliphatic rings. The van der Waals surface area contributed by atoms with Crippen LogP contribution in [0.4, 0.5) is 5.82 Å². The van der Waals surface area contributed by atoms with Crippen LogP contribution in [0.25, 0.3) is 0 Å². The number of hydrogen-bond donors (Lipinski definition) is 2. The first kappa shape index (κ1) is 26.7. The van der Waals surface area contributed by atoms with Crippen LogP contribution in [0.15, 0.2) is 17.4 Å². The van der Waals surface area contributed by atoms with E-state index in [9.17, 15) is 15.3 Å². The molecule has 1 aromatic heterocycles. The van der Waals surface area contributed by atoms with Crippen LogP contribution in [0, 0.1) is 16.2 Å². The summed E-state index contributed by atoms with van der Waals surface area (Å²) in [7, 11) is 2.14. The van der Waals surface area contributed by atoms with E-state index < -0.39 is 5.41 Å². The number of likely N-dealkylation sites (tertiary alicyclic amines) is 1. The largest absolute Gasteiger partial charge is 0.511 e. The predicted molar refractivity (Wildman–Crippen MR) is 149 cm³/mol. The van der Waals surface area contributed by atoms with Crippen molar-refractivity contribution in [2.24, 2.45) is 10.8 Å². The number of anilines is 1. The Kier molecular flexibility index (Phi) is 7.16. The highest BCUT2D eigenvalue weighted by Crippen LogP contribution is 2.48. The van der Waals surface area contributed by atoms with Gasteiger partial charge in [0.15, 0.2) is 5.82 Å². The SMILES string of the molecule is C[C@H](Oc1cc(N2CCCC3(COC3)C2)nc(C(=N)C2=C(O)[C@]3(CCCCC3=O)CCC2)n1)[C@@H]1CCCN1C. The molecule has 0 bridgehead atoms. The van der Waals surface area contributed by atoms with Crippen molar-refractivity contribution in [1.29, 1.82) is 5.41 Å². The first-order valence-corrected chi connectivity index (χ1v) is 14.9. The molecule has 0 aromatic carbocycles. The molecule has 9 nitrogen and oxygen atoms in total. The van der Waals surface area contributed by atoms with Crippen molar-refractivity contribution >= 4 is 17.3 Å². The van der Waals surface area contributed by atoms with Crippen molar-refractivity contribution in [3.8, 4) is 5.88 Å². The fourth-order valence-electron chi connectivity index (χ4n) is 7.65. The molecule has 4 fully saturated rings. The molecule has 0 unspecified atom stereocenters. The average molecular weight is 538 g/mol. The first-order chi connectivity index (χ1) is 18.8. The van der Waals surface area contributed by atoms with E-state index in [-0.39, 0.29) is 34.6 Å². The molecule has 0 amide bonds.